The quantitative estimate of drug-likeness (QED) is 0.699. The lowest BCUT2D eigenvalue weighted by Gasteiger charge is -2.23. The van der Waals surface area contributed by atoms with Crippen molar-refractivity contribution in [1.82, 2.24) is 10.6 Å². The van der Waals surface area contributed by atoms with Crippen molar-refractivity contribution >= 4 is 11.6 Å². The van der Waals surface area contributed by atoms with Crippen molar-refractivity contribution in [2.75, 3.05) is 19.6 Å². The second kappa shape index (κ2) is 5.57. The number of nitrogens with one attached hydrogen (secondary N) is 2. The van der Waals surface area contributed by atoms with Gasteiger partial charge >= 0.3 is 0 Å². The number of halogens is 1. The normalized spacial score (nSPS) is 23.9. The van der Waals surface area contributed by atoms with Gasteiger partial charge in [-0.15, -0.1) is 0 Å². The molecule has 0 saturated carbocycles. The Bertz CT molecular complexity index is 141. The van der Waals surface area contributed by atoms with Crippen molar-refractivity contribution in [3.05, 3.63) is 11.6 Å². The lowest BCUT2D eigenvalue weighted by molar-refractivity contribution is 0.388. The summed E-state index contributed by atoms with van der Waals surface area (Å²) in [5.74, 6) is 0. The molecule has 2 nitrogen and oxygen atoms in total. The number of hydrogen-bond acceptors (Lipinski definition) is 2. The van der Waals surface area contributed by atoms with E-state index in [2.05, 4.69) is 17.2 Å². The Morgan fingerprint density at radius 1 is 1.58 bits per heavy atom. The maximum Gasteiger partial charge on any atom is 0.0308 e. The minimum Gasteiger partial charge on any atom is -0.313 e. The van der Waals surface area contributed by atoms with Crippen molar-refractivity contribution in [3.8, 4) is 0 Å². The first-order valence-corrected chi connectivity index (χ1v) is 4.94. The topological polar surface area (TPSA) is 24.1 Å². The smallest absolute Gasteiger partial charge is 0.0308 e. The summed E-state index contributed by atoms with van der Waals surface area (Å²) in [6, 6.07) is 0.634. The van der Waals surface area contributed by atoms with Crippen LogP contribution in [0.25, 0.3) is 0 Å². The molecule has 1 aliphatic heterocycles. The van der Waals surface area contributed by atoms with Gasteiger partial charge in [0.05, 0.1) is 0 Å². The summed E-state index contributed by atoms with van der Waals surface area (Å²) >= 11 is 5.62. The highest BCUT2D eigenvalue weighted by Crippen LogP contribution is 2.05. The lowest BCUT2D eigenvalue weighted by atomic mass is 10.1. The summed E-state index contributed by atoms with van der Waals surface area (Å²) in [5.41, 5.74) is 0. The van der Waals surface area contributed by atoms with E-state index in [0.29, 0.717) is 11.1 Å². The molecule has 0 aliphatic carbocycles. The van der Waals surface area contributed by atoms with E-state index in [0.717, 1.165) is 19.6 Å². The highest BCUT2D eigenvalue weighted by Gasteiger charge is 2.10. The Hall–Kier alpha value is -0.0500. The second-order valence-electron chi connectivity index (χ2n) is 3.29. The molecule has 1 heterocycles. The molecule has 70 valence electrons. The van der Waals surface area contributed by atoms with Crippen LogP contribution < -0.4 is 10.6 Å². The van der Waals surface area contributed by atoms with Gasteiger partial charge in [-0.05, 0) is 19.4 Å². The molecule has 0 aromatic rings. The molecule has 1 atom stereocenters. The van der Waals surface area contributed by atoms with Crippen molar-refractivity contribution in [2.45, 2.75) is 25.3 Å². The first kappa shape index (κ1) is 10.0. The highest BCUT2D eigenvalue weighted by molar-refractivity contribution is 6.29. The van der Waals surface area contributed by atoms with Gasteiger partial charge in [-0.1, -0.05) is 24.6 Å². The van der Waals surface area contributed by atoms with Crippen LogP contribution in [0.15, 0.2) is 11.6 Å². The monoisotopic (exact) mass is 188 g/mol. The van der Waals surface area contributed by atoms with Crippen LogP contribution >= 0.6 is 11.6 Å². The Morgan fingerprint density at radius 3 is 3.00 bits per heavy atom. The molecule has 1 saturated heterocycles. The fraction of sp³-hybridized carbons (Fsp3) is 0.778. The van der Waals surface area contributed by atoms with Gasteiger partial charge in [0.1, 0.15) is 0 Å². The minimum absolute atomic E-state index is 0.634. The lowest BCUT2D eigenvalue weighted by Crippen LogP contribution is -2.41. The van der Waals surface area contributed by atoms with Gasteiger partial charge in [-0.25, -0.2) is 0 Å². The highest BCUT2D eigenvalue weighted by atomic mass is 35.5. The molecule has 1 unspecified atom stereocenters. The van der Waals surface area contributed by atoms with Gasteiger partial charge < -0.3 is 10.6 Å². The maximum absolute atomic E-state index is 5.62. The van der Waals surface area contributed by atoms with Crippen LogP contribution in [-0.2, 0) is 0 Å². The fourth-order valence-electron chi connectivity index (χ4n) is 1.48. The van der Waals surface area contributed by atoms with Crippen LogP contribution in [0, 0.1) is 0 Å². The third-order valence-corrected chi connectivity index (χ3v) is 2.25. The van der Waals surface area contributed by atoms with Crippen LogP contribution in [0.2, 0.25) is 0 Å². The average Bonchev–Trinajstić information content (AvgIpc) is 2.05. The summed E-state index contributed by atoms with van der Waals surface area (Å²) in [7, 11) is 0. The van der Waals surface area contributed by atoms with Crippen LogP contribution in [0.3, 0.4) is 0 Å². The van der Waals surface area contributed by atoms with Crippen LogP contribution in [0.5, 0.6) is 0 Å². The molecule has 0 aromatic carbocycles. The third kappa shape index (κ3) is 4.10. The largest absolute Gasteiger partial charge is 0.313 e. The van der Waals surface area contributed by atoms with E-state index < -0.39 is 0 Å². The first-order chi connectivity index (χ1) is 5.79. The van der Waals surface area contributed by atoms with E-state index >= 15 is 0 Å². The fourth-order valence-corrected chi connectivity index (χ4v) is 1.57. The van der Waals surface area contributed by atoms with Gasteiger partial charge in [0.25, 0.3) is 0 Å². The number of hydrogen-bond donors (Lipinski definition) is 2. The molecule has 0 spiro atoms. The maximum atomic E-state index is 5.62. The van der Waals surface area contributed by atoms with E-state index in [1.807, 2.05) is 0 Å². The van der Waals surface area contributed by atoms with E-state index in [1.165, 1.54) is 19.3 Å². The average molecular weight is 189 g/mol. The molecule has 12 heavy (non-hydrogen) atoms. The second-order valence-corrected chi connectivity index (χ2v) is 3.83. The predicted molar refractivity (Wildman–Crippen MR) is 53.5 cm³/mol. The van der Waals surface area contributed by atoms with E-state index in [9.17, 15) is 0 Å². The molecule has 0 aromatic heterocycles. The molecular formula is C9H17ClN2. The Kier molecular flexibility index (Phi) is 4.66. The Labute approximate surface area is 79.4 Å². The van der Waals surface area contributed by atoms with Crippen LogP contribution in [0.1, 0.15) is 19.3 Å². The Morgan fingerprint density at radius 2 is 2.42 bits per heavy atom. The standard InChI is InChI=1S/C9H17ClN2/c1-8(10)6-11-7-9-4-2-3-5-12-9/h9,11-12H,1-7H2. The van der Waals surface area contributed by atoms with Gasteiger partial charge in [0.2, 0.25) is 0 Å². The summed E-state index contributed by atoms with van der Waals surface area (Å²) in [4.78, 5) is 0. The number of rotatable bonds is 4. The Balaban J connectivity index is 2.01. The van der Waals surface area contributed by atoms with Crippen LogP contribution in [-0.4, -0.2) is 25.7 Å². The van der Waals surface area contributed by atoms with E-state index in [-0.39, 0.29) is 0 Å². The first-order valence-electron chi connectivity index (χ1n) is 4.56. The minimum atomic E-state index is 0.634. The zero-order chi connectivity index (χ0) is 8.81. The van der Waals surface area contributed by atoms with Crippen LogP contribution in [0.4, 0.5) is 0 Å². The molecule has 3 heteroatoms. The van der Waals surface area contributed by atoms with Gasteiger partial charge in [0, 0.05) is 24.2 Å². The van der Waals surface area contributed by atoms with Crippen molar-refractivity contribution in [3.63, 3.8) is 0 Å². The summed E-state index contributed by atoms with van der Waals surface area (Å²) in [5, 5.41) is 7.40. The zero-order valence-corrected chi connectivity index (χ0v) is 8.16. The van der Waals surface area contributed by atoms with Crippen molar-refractivity contribution in [1.29, 1.82) is 0 Å². The summed E-state index contributed by atoms with van der Waals surface area (Å²) < 4.78 is 0. The van der Waals surface area contributed by atoms with E-state index in [4.69, 9.17) is 11.6 Å². The molecule has 1 fully saturated rings. The molecule has 1 rings (SSSR count). The van der Waals surface area contributed by atoms with Gasteiger partial charge in [-0.2, -0.15) is 0 Å². The number of piperidine rings is 1. The van der Waals surface area contributed by atoms with Gasteiger partial charge in [-0.3, -0.25) is 0 Å². The third-order valence-electron chi connectivity index (χ3n) is 2.12. The molecule has 0 amide bonds. The molecule has 0 radical (unpaired) electrons. The van der Waals surface area contributed by atoms with Crippen molar-refractivity contribution in [2.24, 2.45) is 0 Å². The van der Waals surface area contributed by atoms with Crippen molar-refractivity contribution < 1.29 is 0 Å². The molecule has 1 aliphatic rings. The predicted octanol–water partition coefficient (Wildman–Crippen LogP) is 1.47. The zero-order valence-electron chi connectivity index (χ0n) is 7.41. The SMILES string of the molecule is C=C(Cl)CNCC1CCCCN1. The molecule has 0 bridgehead atoms. The van der Waals surface area contributed by atoms with E-state index in [1.54, 1.807) is 0 Å². The molecule has 2 N–H and O–H groups in total. The van der Waals surface area contributed by atoms with Gasteiger partial charge in [0.15, 0.2) is 0 Å². The molecular weight excluding hydrogens is 172 g/mol. The summed E-state index contributed by atoms with van der Waals surface area (Å²) in [6.07, 6.45) is 3.95. The summed E-state index contributed by atoms with van der Waals surface area (Å²) in [6.45, 7) is 6.51.